The summed E-state index contributed by atoms with van der Waals surface area (Å²) in [4.78, 5) is 22.2. The zero-order valence-corrected chi connectivity index (χ0v) is 16.7. The molecule has 4 rings (SSSR count). The molecule has 0 atom stereocenters. The van der Waals surface area contributed by atoms with Crippen LogP contribution in [0.15, 0.2) is 85.2 Å². The quantitative estimate of drug-likeness (QED) is 0.437. The molecule has 31 heavy (non-hydrogen) atoms. The standard InChI is InChI=1S/C25H20N4O2/c26-15-19-9-10-20(22-6-2-1-5-21(19)22)17-31-29-25(30)23-7-3-4-8-24(23)28-16-18-11-13-27-14-12-18/h1-14,28H,16-17H2,(H,29,30). The number of nitriles is 1. The average Bonchev–Trinajstić information content (AvgIpc) is 2.83. The van der Waals surface area contributed by atoms with Crippen molar-refractivity contribution < 1.29 is 9.63 Å². The van der Waals surface area contributed by atoms with Gasteiger partial charge in [0.25, 0.3) is 5.91 Å². The highest BCUT2D eigenvalue weighted by molar-refractivity contribution is 5.99. The molecule has 4 aromatic rings. The van der Waals surface area contributed by atoms with Crippen LogP contribution in [0.1, 0.15) is 27.0 Å². The molecule has 0 unspecified atom stereocenters. The van der Waals surface area contributed by atoms with Gasteiger partial charge >= 0.3 is 0 Å². The number of amides is 1. The van der Waals surface area contributed by atoms with Gasteiger partial charge in [-0.1, -0.05) is 42.5 Å². The van der Waals surface area contributed by atoms with Crippen LogP contribution in [0.5, 0.6) is 0 Å². The second-order valence-electron chi connectivity index (χ2n) is 6.90. The fourth-order valence-electron chi connectivity index (χ4n) is 3.35. The van der Waals surface area contributed by atoms with E-state index in [2.05, 4.69) is 21.9 Å². The summed E-state index contributed by atoms with van der Waals surface area (Å²) < 4.78 is 0. The monoisotopic (exact) mass is 408 g/mol. The lowest BCUT2D eigenvalue weighted by molar-refractivity contribution is 0.0238. The van der Waals surface area contributed by atoms with Crippen LogP contribution >= 0.6 is 0 Å². The number of anilines is 1. The van der Waals surface area contributed by atoms with Gasteiger partial charge in [0, 0.05) is 24.6 Å². The minimum atomic E-state index is -0.337. The molecule has 6 heteroatoms. The van der Waals surface area contributed by atoms with Crippen molar-refractivity contribution in [2.45, 2.75) is 13.2 Å². The van der Waals surface area contributed by atoms with E-state index >= 15 is 0 Å². The van der Waals surface area contributed by atoms with Crippen molar-refractivity contribution in [2.24, 2.45) is 0 Å². The summed E-state index contributed by atoms with van der Waals surface area (Å²) in [6.45, 7) is 0.759. The highest BCUT2D eigenvalue weighted by Crippen LogP contribution is 2.23. The molecule has 0 radical (unpaired) electrons. The smallest absolute Gasteiger partial charge is 0.276 e. The molecule has 1 aromatic heterocycles. The van der Waals surface area contributed by atoms with E-state index in [9.17, 15) is 10.1 Å². The number of fused-ring (bicyclic) bond motifs is 1. The molecule has 1 amide bonds. The zero-order chi connectivity index (χ0) is 21.5. The normalized spacial score (nSPS) is 10.4. The van der Waals surface area contributed by atoms with E-state index in [0.29, 0.717) is 23.4 Å². The fraction of sp³-hybridized carbons (Fsp3) is 0.0800. The summed E-state index contributed by atoms with van der Waals surface area (Å²) >= 11 is 0. The largest absolute Gasteiger partial charge is 0.380 e. The number of nitrogens with one attached hydrogen (secondary N) is 2. The molecule has 0 aliphatic rings. The van der Waals surface area contributed by atoms with Crippen molar-refractivity contribution in [1.29, 1.82) is 5.26 Å². The van der Waals surface area contributed by atoms with Crippen molar-refractivity contribution in [3.05, 3.63) is 107 Å². The van der Waals surface area contributed by atoms with Crippen molar-refractivity contribution in [1.82, 2.24) is 10.5 Å². The number of hydrogen-bond acceptors (Lipinski definition) is 5. The molecular formula is C25H20N4O2. The zero-order valence-electron chi connectivity index (χ0n) is 16.7. The number of carbonyl (C=O) groups excluding carboxylic acids is 1. The Bertz CT molecular complexity index is 1250. The molecule has 0 bridgehead atoms. The summed E-state index contributed by atoms with van der Waals surface area (Å²) in [5.74, 6) is -0.337. The summed E-state index contributed by atoms with van der Waals surface area (Å²) in [6, 6.07) is 24.6. The summed E-state index contributed by atoms with van der Waals surface area (Å²) in [5, 5.41) is 14.4. The van der Waals surface area contributed by atoms with E-state index in [1.165, 1.54) is 0 Å². The molecule has 152 valence electrons. The van der Waals surface area contributed by atoms with Gasteiger partial charge in [-0.05, 0) is 52.2 Å². The topological polar surface area (TPSA) is 87.0 Å². The lowest BCUT2D eigenvalue weighted by Crippen LogP contribution is -2.24. The van der Waals surface area contributed by atoms with Crippen LogP contribution in [0.25, 0.3) is 10.8 Å². The van der Waals surface area contributed by atoms with E-state index in [4.69, 9.17) is 4.84 Å². The molecule has 0 aliphatic carbocycles. The molecule has 0 spiro atoms. The highest BCUT2D eigenvalue weighted by Gasteiger charge is 2.12. The number of nitrogens with zero attached hydrogens (tertiary/aromatic N) is 2. The van der Waals surface area contributed by atoms with E-state index < -0.39 is 0 Å². The lowest BCUT2D eigenvalue weighted by Gasteiger charge is -2.13. The van der Waals surface area contributed by atoms with Crippen LogP contribution in [0.2, 0.25) is 0 Å². The van der Waals surface area contributed by atoms with Crippen LogP contribution in [0, 0.1) is 11.3 Å². The first-order chi connectivity index (χ1) is 15.3. The molecule has 3 aromatic carbocycles. The van der Waals surface area contributed by atoms with Crippen LogP contribution in [0.4, 0.5) is 5.69 Å². The van der Waals surface area contributed by atoms with Gasteiger partial charge in [0.1, 0.15) is 6.61 Å². The highest BCUT2D eigenvalue weighted by atomic mass is 16.6. The van der Waals surface area contributed by atoms with Gasteiger partial charge in [-0.3, -0.25) is 14.6 Å². The Morgan fingerprint density at radius 3 is 2.48 bits per heavy atom. The molecule has 0 saturated heterocycles. The van der Waals surface area contributed by atoms with Gasteiger partial charge in [-0.25, -0.2) is 5.48 Å². The second-order valence-corrected chi connectivity index (χ2v) is 6.90. The first kappa shape index (κ1) is 20.1. The summed E-state index contributed by atoms with van der Waals surface area (Å²) in [5.41, 5.74) is 6.29. The Morgan fingerprint density at radius 1 is 0.935 bits per heavy atom. The SMILES string of the molecule is N#Cc1ccc(CONC(=O)c2ccccc2NCc2ccncc2)c2ccccc12. The molecule has 2 N–H and O–H groups in total. The van der Waals surface area contributed by atoms with E-state index in [0.717, 1.165) is 21.9 Å². The number of pyridine rings is 1. The van der Waals surface area contributed by atoms with Crippen LogP contribution in [-0.2, 0) is 18.0 Å². The van der Waals surface area contributed by atoms with Gasteiger partial charge in [-0.2, -0.15) is 5.26 Å². The Morgan fingerprint density at radius 2 is 1.68 bits per heavy atom. The Hall–Kier alpha value is -4.21. The number of carbonyl (C=O) groups is 1. The number of hydrogen-bond donors (Lipinski definition) is 2. The molecule has 0 saturated carbocycles. The maximum absolute atomic E-state index is 12.7. The van der Waals surface area contributed by atoms with Gasteiger partial charge in [0.05, 0.1) is 17.2 Å². The first-order valence-corrected chi connectivity index (χ1v) is 9.81. The average molecular weight is 408 g/mol. The van der Waals surface area contributed by atoms with Crippen molar-refractivity contribution in [3.8, 4) is 6.07 Å². The summed E-state index contributed by atoms with van der Waals surface area (Å²) in [7, 11) is 0. The number of para-hydroxylation sites is 1. The lowest BCUT2D eigenvalue weighted by atomic mass is 10.0. The third-order valence-electron chi connectivity index (χ3n) is 4.93. The van der Waals surface area contributed by atoms with E-state index in [1.807, 2.05) is 54.6 Å². The Labute approximate surface area is 180 Å². The maximum Gasteiger partial charge on any atom is 0.276 e. The van der Waals surface area contributed by atoms with Crippen molar-refractivity contribution >= 4 is 22.4 Å². The predicted octanol–water partition coefficient (Wildman–Crippen LogP) is 4.58. The van der Waals surface area contributed by atoms with E-state index in [1.54, 1.807) is 30.6 Å². The molecule has 1 heterocycles. The molecule has 0 aliphatic heterocycles. The molecule has 6 nitrogen and oxygen atoms in total. The van der Waals surface area contributed by atoms with Crippen molar-refractivity contribution in [2.75, 3.05) is 5.32 Å². The second kappa shape index (κ2) is 9.53. The van der Waals surface area contributed by atoms with Crippen LogP contribution < -0.4 is 10.8 Å². The fourth-order valence-corrected chi connectivity index (χ4v) is 3.35. The van der Waals surface area contributed by atoms with Gasteiger partial charge in [-0.15, -0.1) is 0 Å². The third-order valence-corrected chi connectivity index (χ3v) is 4.93. The predicted molar refractivity (Wildman–Crippen MR) is 119 cm³/mol. The Kier molecular flexibility index (Phi) is 6.17. The minimum Gasteiger partial charge on any atom is -0.380 e. The number of benzene rings is 3. The Balaban J connectivity index is 1.42. The van der Waals surface area contributed by atoms with E-state index in [-0.39, 0.29) is 12.5 Å². The minimum absolute atomic E-state index is 0.185. The number of hydroxylamine groups is 1. The maximum atomic E-state index is 12.7. The summed E-state index contributed by atoms with van der Waals surface area (Å²) in [6.07, 6.45) is 3.46. The van der Waals surface area contributed by atoms with Gasteiger partial charge in [0.2, 0.25) is 0 Å². The number of rotatable bonds is 7. The first-order valence-electron chi connectivity index (χ1n) is 9.81. The van der Waals surface area contributed by atoms with Gasteiger partial charge in [0.15, 0.2) is 0 Å². The molecule has 0 fully saturated rings. The van der Waals surface area contributed by atoms with Gasteiger partial charge < -0.3 is 5.32 Å². The third kappa shape index (κ3) is 4.69. The molecular weight excluding hydrogens is 388 g/mol. The number of aromatic nitrogens is 1. The van der Waals surface area contributed by atoms with Crippen LogP contribution in [0.3, 0.4) is 0 Å². The van der Waals surface area contributed by atoms with Crippen molar-refractivity contribution in [3.63, 3.8) is 0 Å². The van der Waals surface area contributed by atoms with Crippen LogP contribution in [-0.4, -0.2) is 10.9 Å².